The van der Waals surface area contributed by atoms with E-state index in [1.54, 1.807) is 0 Å². The molecule has 2 heterocycles. The third-order valence-electron chi connectivity index (χ3n) is 2.83. The van der Waals surface area contributed by atoms with Crippen molar-refractivity contribution in [1.82, 2.24) is 4.90 Å². The smallest absolute Gasteiger partial charge is 0.0445 e. The van der Waals surface area contributed by atoms with Crippen LogP contribution in [-0.4, -0.2) is 18.0 Å². The van der Waals surface area contributed by atoms with E-state index in [-0.39, 0.29) is 0 Å². The van der Waals surface area contributed by atoms with Crippen LogP contribution in [0.1, 0.15) is 28.6 Å². The van der Waals surface area contributed by atoms with E-state index in [4.69, 9.17) is 11.6 Å². The molecule has 0 amide bonds. The van der Waals surface area contributed by atoms with Crippen molar-refractivity contribution in [3.05, 3.63) is 33.5 Å². The molecule has 1 aliphatic rings. The average molecular weight is 242 g/mol. The van der Waals surface area contributed by atoms with Crippen LogP contribution in [0.2, 0.25) is 0 Å². The summed E-state index contributed by atoms with van der Waals surface area (Å²) < 4.78 is 0. The summed E-state index contributed by atoms with van der Waals surface area (Å²) >= 11 is 7.78. The van der Waals surface area contributed by atoms with Gasteiger partial charge in [0.05, 0.1) is 0 Å². The molecule has 1 aliphatic heterocycles. The van der Waals surface area contributed by atoms with Crippen LogP contribution in [0.15, 0.2) is 23.7 Å². The molecule has 3 heteroatoms. The van der Waals surface area contributed by atoms with Gasteiger partial charge in [0.1, 0.15) is 0 Å². The first-order valence-electron chi connectivity index (χ1n) is 5.30. The Morgan fingerprint density at radius 2 is 2.47 bits per heavy atom. The SMILES string of the molecule is C=C(Cl)CN1CCCC1c1ccc(C)s1. The fourth-order valence-electron chi connectivity index (χ4n) is 2.19. The molecule has 0 N–H and O–H groups in total. The van der Waals surface area contributed by atoms with Gasteiger partial charge in [0.25, 0.3) is 0 Å². The lowest BCUT2D eigenvalue weighted by molar-refractivity contribution is 0.287. The van der Waals surface area contributed by atoms with Gasteiger partial charge in [0.15, 0.2) is 0 Å². The molecule has 1 saturated heterocycles. The molecule has 0 spiro atoms. The predicted molar refractivity (Wildman–Crippen MR) is 67.6 cm³/mol. The lowest BCUT2D eigenvalue weighted by atomic mass is 10.2. The molecule has 2 rings (SSSR count). The Morgan fingerprint density at radius 3 is 3.07 bits per heavy atom. The highest BCUT2D eigenvalue weighted by Crippen LogP contribution is 2.36. The van der Waals surface area contributed by atoms with Gasteiger partial charge >= 0.3 is 0 Å². The number of nitrogens with zero attached hydrogens (tertiary/aromatic N) is 1. The van der Waals surface area contributed by atoms with Crippen LogP contribution in [0.25, 0.3) is 0 Å². The van der Waals surface area contributed by atoms with E-state index in [1.165, 1.54) is 22.6 Å². The zero-order valence-corrected chi connectivity index (χ0v) is 10.6. The molecule has 82 valence electrons. The highest BCUT2D eigenvalue weighted by atomic mass is 35.5. The van der Waals surface area contributed by atoms with Gasteiger partial charge in [-0.2, -0.15) is 0 Å². The Labute approximate surface area is 100 Å². The van der Waals surface area contributed by atoms with Crippen LogP contribution in [0.4, 0.5) is 0 Å². The van der Waals surface area contributed by atoms with Gasteiger partial charge in [-0.1, -0.05) is 18.2 Å². The van der Waals surface area contributed by atoms with E-state index >= 15 is 0 Å². The van der Waals surface area contributed by atoms with Gasteiger partial charge in [0.2, 0.25) is 0 Å². The highest BCUT2D eigenvalue weighted by Gasteiger charge is 2.26. The zero-order chi connectivity index (χ0) is 10.8. The minimum atomic E-state index is 0.569. The van der Waals surface area contributed by atoms with E-state index in [2.05, 4.69) is 30.5 Å². The Kier molecular flexibility index (Phi) is 3.49. The number of halogens is 1. The number of aryl methyl sites for hydroxylation is 1. The summed E-state index contributed by atoms with van der Waals surface area (Å²) in [7, 11) is 0. The molecule has 1 unspecified atom stereocenters. The topological polar surface area (TPSA) is 3.24 Å². The summed E-state index contributed by atoms with van der Waals surface area (Å²) in [6.45, 7) is 7.91. The van der Waals surface area contributed by atoms with Crippen molar-refractivity contribution in [2.75, 3.05) is 13.1 Å². The minimum Gasteiger partial charge on any atom is -0.290 e. The Hall–Kier alpha value is -0.310. The molecule has 0 aliphatic carbocycles. The second-order valence-electron chi connectivity index (χ2n) is 4.09. The number of hydrogen-bond acceptors (Lipinski definition) is 2. The van der Waals surface area contributed by atoms with Crippen LogP contribution >= 0.6 is 22.9 Å². The maximum atomic E-state index is 5.88. The number of hydrogen-bond donors (Lipinski definition) is 0. The van der Waals surface area contributed by atoms with Gasteiger partial charge in [-0.3, -0.25) is 4.90 Å². The monoisotopic (exact) mass is 241 g/mol. The maximum Gasteiger partial charge on any atom is 0.0445 e. The first-order valence-corrected chi connectivity index (χ1v) is 6.50. The molecule has 1 fully saturated rings. The zero-order valence-electron chi connectivity index (χ0n) is 9.00. The van der Waals surface area contributed by atoms with Crippen molar-refractivity contribution in [3.8, 4) is 0 Å². The van der Waals surface area contributed by atoms with E-state index in [1.807, 2.05) is 11.3 Å². The molecule has 0 aromatic carbocycles. The average Bonchev–Trinajstić information content (AvgIpc) is 2.72. The third kappa shape index (κ3) is 2.63. The Bertz CT molecular complexity index is 358. The Balaban J connectivity index is 2.10. The minimum absolute atomic E-state index is 0.569. The van der Waals surface area contributed by atoms with E-state index in [0.717, 1.165) is 18.1 Å². The second-order valence-corrected chi connectivity index (χ2v) is 5.95. The molecule has 1 aromatic heterocycles. The van der Waals surface area contributed by atoms with E-state index in [0.29, 0.717) is 6.04 Å². The number of rotatable bonds is 3. The standard InChI is InChI=1S/C12H16ClNS/c1-9(13)8-14-7-3-4-11(14)12-6-5-10(2)15-12/h5-6,11H,1,3-4,7-8H2,2H3. The normalized spacial score (nSPS) is 22.1. The van der Waals surface area contributed by atoms with Crippen LogP contribution in [-0.2, 0) is 0 Å². The lowest BCUT2D eigenvalue weighted by Crippen LogP contribution is -2.23. The van der Waals surface area contributed by atoms with Crippen molar-refractivity contribution in [1.29, 1.82) is 0 Å². The largest absolute Gasteiger partial charge is 0.290 e. The first-order chi connectivity index (χ1) is 7.16. The van der Waals surface area contributed by atoms with Gasteiger partial charge < -0.3 is 0 Å². The number of likely N-dealkylation sites (tertiary alicyclic amines) is 1. The van der Waals surface area contributed by atoms with Crippen LogP contribution in [0.3, 0.4) is 0 Å². The van der Waals surface area contributed by atoms with Crippen molar-refractivity contribution in [2.24, 2.45) is 0 Å². The molecule has 15 heavy (non-hydrogen) atoms. The molecular weight excluding hydrogens is 226 g/mol. The molecule has 0 bridgehead atoms. The Morgan fingerprint density at radius 1 is 1.67 bits per heavy atom. The predicted octanol–water partition coefficient (Wildman–Crippen LogP) is 3.95. The summed E-state index contributed by atoms with van der Waals surface area (Å²) in [6, 6.07) is 5.02. The van der Waals surface area contributed by atoms with Gasteiger partial charge in [0, 0.05) is 27.4 Å². The third-order valence-corrected chi connectivity index (χ3v) is 4.05. The fraction of sp³-hybridized carbons (Fsp3) is 0.500. The van der Waals surface area contributed by atoms with Crippen LogP contribution < -0.4 is 0 Å². The second kappa shape index (κ2) is 4.69. The summed E-state index contributed by atoms with van der Waals surface area (Å²) in [6.07, 6.45) is 2.52. The molecule has 1 aromatic rings. The molecule has 1 nitrogen and oxygen atoms in total. The van der Waals surface area contributed by atoms with E-state index < -0.39 is 0 Å². The van der Waals surface area contributed by atoms with Gasteiger partial charge in [-0.05, 0) is 38.4 Å². The van der Waals surface area contributed by atoms with E-state index in [9.17, 15) is 0 Å². The van der Waals surface area contributed by atoms with Crippen molar-refractivity contribution >= 4 is 22.9 Å². The number of thiophene rings is 1. The fourth-order valence-corrected chi connectivity index (χ4v) is 3.39. The maximum absolute atomic E-state index is 5.88. The summed E-state index contributed by atoms with van der Waals surface area (Å²) in [5.41, 5.74) is 0. The van der Waals surface area contributed by atoms with Crippen molar-refractivity contribution in [2.45, 2.75) is 25.8 Å². The molecule has 0 radical (unpaired) electrons. The first kappa shape index (κ1) is 11.2. The summed E-state index contributed by atoms with van der Waals surface area (Å²) in [5.74, 6) is 0. The highest BCUT2D eigenvalue weighted by molar-refractivity contribution is 7.12. The van der Waals surface area contributed by atoms with Gasteiger partial charge in [-0.25, -0.2) is 0 Å². The lowest BCUT2D eigenvalue weighted by Gasteiger charge is -2.22. The van der Waals surface area contributed by atoms with Crippen LogP contribution in [0, 0.1) is 6.92 Å². The van der Waals surface area contributed by atoms with Crippen molar-refractivity contribution < 1.29 is 0 Å². The van der Waals surface area contributed by atoms with Gasteiger partial charge in [-0.15, -0.1) is 11.3 Å². The van der Waals surface area contributed by atoms with Crippen LogP contribution in [0.5, 0.6) is 0 Å². The molecule has 1 atom stereocenters. The summed E-state index contributed by atoms with van der Waals surface area (Å²) in [4.78, 5) is 5.30. The molecule has 0 saturated carbocycles. The quantitative estimate of drug-likeness (QED) is 0.775. The molecular formula is C12H16ClNS. The summed E-state index contributed by atoms with van der Waals surface area (Å²) in [5, 5.41) is 0.746. The van der Waals surface area contributed by atoms with Crippen molar-refractivity contribution in [3.63, 3.8) is 0 Å².